The molecule has 3 rings (SSSR count). The van der Waals surface area contributed by atoms with Gasteiger partial charge in [-0.2, -0.15) is 4.31 Å². The smallest absolute Gasteiger partial charge is 0.243 e. The quantitative estimate of drug-likeness (QED) is 0.664. The molecule has 7 heteroatoms. The molecule has 29 heavy (non-hydrogen) atoms. The number of piperidine rings is 1. The normalized spacial score (nSPS) is 15.1. The second-order valence-electron chi connectivity index (χ2n) is 7.26. The fraction of sp³-hybridized carbons (Fsp3) is 0.409. The molecule has 0 aromatic heterocycles. The zero-order valence-corrected chi connectivity index (χ0v) is 17.6. The SMILES string of the molecule is CN(CCOc1ccccc1)C(=O)Cc1ccc(S(=O)(=O)N2CCCCC2)cc1. The van der Waals surface area contributed by atoms with E-state index in [9.17, 15) is 13.2 Å². The minimum absolute atomic E-state index is 0.0340. The van der Waals surface area contributed by atoms with Gasteiger partial charge in [0, 0.05) is 20.1 Å². The summed E-state index contributed by atoms with van der Waals surface area (Å²) in [6.07, 6.45) is 3.13. The number of benzene rings is 2. The number of sulfonamides is 1. The highest BCUT2D eigenvalue weighted by Gasteiger charge is 2.25. The Morgan fingerprint density at radius 2 is 1.66 bits per heavy atom. The monoisotopic (exact) mass is 416 g/mol. The van der Waals surface area contributed by atoms with Gasteiger partial charge in [0.15, 0.2) is 0 Å². The van der Waals surface area contributed by atoms with E-state index in [2.05, 4.69) is 0 Å². The van der Waals surface area contributed by atoms with Gasteiger partial charge in [-0.3, -0.25) is 4.79 Å². The Balaban J connectivity index is 1.51. The van der Waals surface area contributed by atoms with E-state index in [1.807, 2.05) is 30.3 Å². The average molecular weight is 417 g/mol. The van der Waals surface area contributed by atoms with Crippen molar-refractivity contribution < 1.29 is 17.9 Å². The number of ether oxygens (including phenoxy) is 1. The number of nitrogens with zero attached hydrogens (tertiary/aromatic N) is 2. The molecule has 6 nitrogen and oxygen atoms in total. The van der Waals surface area contributed by atoms with Crippen LogP contribution in [-0.4, -0.2) is 56.8 Å². The number of amides is 1. The van der Waals surface area contributed by atoms with Gasteiger partial charge in [0.05, 0.1) is 17.9 Å². The number of hydrogen-bond acceptors (Lipinski definition) is 4. The van der Waals surface area contributed by atoms with Gasteiger partial charge in [-0.1, -0.05) is 36.8 Å². The fourth-order valence-corrected chi connectivity index (χ4v) is 4.80. The van der Waals surface area contributed by atoms with Crippen LogP contribution in [0.15, 0.2) is 59.5 Å². The molecule has 0 saturated carbocycles. The maximum absolute atomic E-state index is 12.7. The van der Waals surface area contributed by atoms with Gasteiger partial charge >= 0.3 is 0 Å². The molecular weight excluding hydrogens is 388 g/mol. The molecule has 1 fully saturated rings. The first-order valence-electron chi connectivity index (χ1n) is 9.98. The second kappa shape index (κ2) is 9.89. The number of hydrogen-bond donors (Lipinski definition) is 0. The van der Waals surface area contributed by atoms with Crippen LogP contribution in [0.4, 0.5) is 0 Å². The molecule has 1 aliphatic heterocycles. The Kier molecular flexibility index (Phi) is 7.28. The van der Waals surface area contributed by atoms with Crippen LogP contribution in [0.1, 0.15) is 24.8 Å². The van der Waals surface area contributed by atoms with Crippen molar-refractivity contribution in [3.05, 3.63) is 60.2 Å². The van der Waals surface area contributed by atoms with Crippen molar-refractivity contribution in [2.45, 2.75) is 30.6 Å². The summed E-state index contributed by atoms with van der Waals surface area (Å²) in [4.78, 5) is 14.3. The van der Waals surface area contributed by atoms with Crippen molar-refractivity contribution in [2.75, 3.05) is 33.3 Å². The number of carbonyl (C=O) groups excluding carboxylic acids is 1. The van der Waals surface area contributed by atoms with Gasteiger partial charge in [0.25, 0.3) is 0 Å². The molecule has 0 atom stereocenters. The van der Waals surface area contributed by atoms with Crippen molar-refractivity contribution in [3.8, 4) is 5.75 Å². The molecule has 0 aliphatic carbocycles. The van der Waals surface area contributed by atoms with E-state index in [1.54, 1.807) is 40.5 Å². The Labute approximate surface area is 173 Å². The van der Waals surface area contributed by atoms with E-state index in [4.69, 9.17) is 4.74 Å². The van der Waals surface area contributed by atoms with E-state index < -0.39 is 10.0 Å². The molecular formula is C22H28N2O4S. The van der Waals surface area contributed by atoms with Crippen molar-refractivity contribution >= 4 is 15.9 Å². The summed E-state index contributed by atoms with van der Waals surface area (Å²) in [6, 6.07) is 16.1. The Bertz CT molecular complexity index is 892. The molecule has 1 aliphatic rings. The van der Waals surface area contributed by atoms with Gasteiger partial charge in [0.2, 0.25) is 15.9 Å². The molecule has 1 amide bonds. The minimum atomic E-state index is -3.44. The number of carbonyl (C=O) groups is 1. The molecule has 0 unspecified atom stereocenters. The summed E-state index contributed by atoms with van der Waals surface area (Å²) >= 11 is 0. The highest BCUT2D eigenvalue weighted by molar-refractivity contribution is 7.89. The third-order valence-electron chi connectivity index (χ3n) is 5.10. The summed E-state index contributed by atoms with van der Waals surface area (Å²) < 4.78 is 32.6. The minimum Gasteiger partial charge on any atom is -0.492 e. The number of rotatable bonds is 8. The topological polar surface area (TPSA) is 66.9 Å². The Morgan fingerprint density at radius 3 is 2.31 bits per heavy atom. The molecule has 2 aromatic rings. The van der Waals surface area contributed by atoms with E-state index >= 15 is 0 Å². The molecule has 1 saturated heterocycles. The van der Waals surface area contributed by atoms with Crippen LogP contribution < -0.4 is 4.74 Å². The van der Waals surface area contributed by atoms with E-state index in [0.717, 1.165) is 30.6 Å². The third-order valence-corrected chi connectivity index (χ3v) is 7.01. The van der Waals surface area contributed by atoms with Crippen molar-refractivity contribution in [1.29, 1.82) is 0 Å². The van der Waals surface area contributed by atoms with Crippen LogP contribution in [0.5, 0.6) is 5.75 Å². The van der Waals surface area contributed by atoms with Crippen LogP contribution in [0.25, 0.3) is 0 Å². The van der Waals surface area contributed by atoms with Crippen LogP contribution in [-0.2, 0) is 21.2 Å². The first-order valence-corrected chi connectivity index (χ1v) is 11.4. The molecule has 156 valence electrons. The van der Waals surface area contributed by atoms with E-state index in [1.165, 1.54) is 0 Å². The lowest BCUT2D eigenvalue weighted by atomic mass is 10.1. The highest BCUT2D eigenvalue weighted by atomic mass is 32.2. The van der Waals surface area contributed by atoms with Crippen LogP contribution in [0.3, 0.4) is 0 Å². The lowest BCUT2D eigenvalue weighted by molar-refractivity contribution is -0.129. The third kappa shape index (κ3) is 5.81. The molecule has 0 spiro atoms. The van der Waals surface area contributed by atoms with Crippen molar-refractivity contribution in [2.24, 2.45) is 0 Å². The van der Waals surface area contributed by atoms with Gasteiger partial charge in [-0.05, 0) is 42.7 Å². The number of para-hydroxylation sites is 1. The number of likely N-dealkylation sites (N-methyl/N-ethyl adjacent to an activating group) is 1. The zero-order valence-electron chi connectivity index (χ0n) is 16.8. The standard InChI is InChI=1S/C22H28N2O4S/c1-23(16-17-28-20-8-4-2-5-9-20)22(25)18-19-10-12-21(13-11-19)29(26,27)24-14-6-3-7-15-24/h2,4-5,8-13H,3,6-7,14-18H2,1H3. The largest absolute Gasteiger partial charge is 0.492 e. The molecule has 1 heterocycles. The second-order valence-corrected chi connectivity index (χ2v) is 9.20. The maximum atomic E-state index is 12.7. The summed E-state index contributed by atoms with van der Waals surface area (Å²) in [5, 5.41) is 0. The Hall–Kier alpha value is -2.38. The van der Waals surface area contributed by atoms with Crippen molar-refractivity contribution in [3.63, 3.8) is 0 Å². The van der Waals surface area contributed by atoms with Crippen LogP contribution in [0, 0.1) is 0 Å². The summed E-state index contributed by atoms with van der Waals surface area (Å²) in [7, 11) is -1.70. The maximum Gasteiger partial charge on any atom is 0.243 e. The van der Waals surface area contributed by atoms with Crippen LogP contribution >= 0.6 is 0 Å². The molecule has 0 bridgehead atoms. The van der Waals surface area contributed by atoms with E-state index in [-0.39, 0.29) is 12.3 Å². The van der Waals surface area contributed by atoms with Crippen LogP contribution in [0.2, 0.25) is 0 Å². The van der Waals surface area contributed by atoms with Gasteiger partial charge in [-0.15, -0.1) is 0 Å². The summed E-state index contributed by atoms with van der Waals surface area (Å²) in [5.41, 5.74) is 0.795. The van der Waals surface area contributed by atoms with Crippen molar-refractivity contribution in [1.82, 2.24) is 9.21 Å². The lowest BCUT2D eigenvalue weighted by Crippen LogP contribution is -2.35. The first-order chi connectivity index (χ1) is 14.0. The first kappa shape index (κ1) is 21.3. The van der Waals surface area contributed by atoms with Gasteiger partial charge in [-0.25, -0.2) is 8.42 Å². The molecule has 0 N–H and O–H groups in total. The predicted molar refractivity (Wildman–Crippen MR) is 112 cm³/mol. The fourth-order valence-electron chi connectivity index (χ4n) is 3.29. The zero-order chi connectivity index (χ0) is 20.7. The average Bonchev–Trinajstić information content (AvgIpc) is 2.75. The predicted octanol–water partition coefficient (Wildman–Crippen LogP) is 2.94. The molecule has 2 aromatic carbocycles. The highest BCUT2D eigenvalue weighted by Crippen LogP contribution is 2.21. The Morgan fingerprint density at radius 1 is 1.00 bits per heavy atom. The van der Waals surface area contributed by atoms with Gasteiger partial charge < -0.3 is 9.64 Å². The summed E-state index contributed by atoms with van der Waals surface area (Å²) in [5.74, 6) is 0.743. The van der Waals surface area contributed by atoms with E-state index in [0.29, 0.717) is 31.1 Å². The lowest BCUT2D eigenvalue weighted by Gasteiger charge is -2.25. The van der Waals surface area contributed by atoms with Gasteiger partial charge in [0.1, 0.15) is 12.4 Å². The molecule has 0 radical (unpaired) electrons. The summed E-state index contributed by atoms with van der Waals surface area (Å²) in [6.45, 7) is 2.06.